The maximum Gasteiger partial charge on any atom is 0.488 e. The van der Waals surface area contributed by atoms with Crippen LogP contribution in [0.2, 0.25) is 0 Å². The highest BCUT2D eigenvalue weighted by molar-refractivity contribution is 6.59. The predicted molar refractivity (Wildman–Crippen MR) is 71.1 cm³/mol. The normalized spacial score (nSPS) is 11.5. The number of alkyl halides is 3. The summed E-state index contributed by atoms with van der Waals surface area (Å²) in [5, 5.41) is 18.5. The predicted octanol–water partition coefficient (Wildman–Crippen LogP) is 0.595. The zero-order valence-corrected chi connectivity index (χ0v) is 10.7. The van der Waals surface area contributed by atoms with Crippen LogP contribution in [0.3, 0.4) is 0 Å². The quantitative estimate of drug-likeness (QED) is 0.815. The highest BCUT2D eigenvalue weighted by Crippen LogP contribution is 2.28. The molecule has 0 unspecified atom stereocenters. The Hall–Kier alpha value is -2.06. The Kier molecular flexibility index (Phi) is 4.20. The topological polar surface area (TPSA) is 62.5 Å². The summed E-state index contributed by atoms with van der Waals surface area (Å²) in [5.74, 6) is 0. The second kappa shape index (κ2) is 5.75. The van der Waals surface area contributed by atoms with Crippen molar-refractivity contribution in [2.24, 2.45) is 0 Å². The van der Waals surface area contributed by atoms with Crippen LogP contribution in [0.15, 0.2) is 47.3 Å². The van der Waals surface area contributed by atoms with E-state index in [4.69, 9.17) is 0 Å². The molecule has 0 aliphatic rings. The largest absolute Gasteiger partial charge is 0.488 e. The van der Waals surface area contributed by atoms with E-state index in [9.17, 15) is 28.0 Å². The Morgan fingerprint density at radius 2 is 1.71 bits per heavy atom. The lowest BCUT2D eigenvalue weighted by atomic mass is 9.77. The third kappa shape index (κ3) is 3.34. The number of benzene rings is 1. The number of rotatable bonds is 3. The first-order chi connectivity index (χ1) is 9.80. The molecule has 0 aliphatic carbocycles. The van der Waals surface area contributed by atoms with Crippen LogP contribution in [0, 0.1) is 0 Å². The van der Waals surface area contributed by atoms with Crippen LogP contribution >= 0.6 is 0 Å². The molecular formula is C13H11BF3NO3. The second-order valence-electron chi connectivity index (χ2n) is 4.41. The van der Waals surface area contributed by atoms with Crippen LogP contribution in [0.25, 0.3) is 0 Å². The van der Waals surface area contributed by atoms with Gasteiger partial charge in [0.15, 0.2) is 0 Å². The average Bonchev–Trinajstić information content (AvgIpc) is 2.40. The van der Waals surface area contributed by atoms with Crippen molar-refractivity contribution in [3.63, 3.8) is 0 Å². The van der Waals surface area contributed by atoms with Crippen molar-refractivity contribution in [1.82, 2.24) is 4.57 Å². The third-order valence-electron chi connectivity index (χ3n) is 3.00. The molecule has 2 N–H and O–H groups in total. The Morgan fingerprint density at radius 1 is 1.05 bits per heavy atom. The average molecular weight is 297 g/mol. The van der Waals surface area contributed by atoms with Gasteiger partial charge in [-0.05, 0) is 17.1 Å². The molecule has 0 aliphatic heterocycles. The summed E-state index contributed by atoms with van der Waals surface area (Å²) in [5.41, 5.74) is -1.61. The molecule has 110 valence electrons. The Bertz CT molecular complexity index is 698. The molecule has 0 fully saturated rings. The molecular weight excluding hydrogens is 286 g/mol. The van der Waals surface area contributed by atoms with Crippen molar-refractivity contribution < 1.29 is 23.2 Å². The molecule has 0 atom stereocenters. The lowest BCUT2D eigenvalue weighted by Crippen LogP contribution is -2.36. The van der Waals surface area contributed by atoms with E-state index in [0.29, 0.717) is 4.57 Å². The van der Waals surface area contributed by atoms with Gasteiger partial charge in [-0.2, -0.15) is 13.2 Å². The lowest BCUT2D eigenvalue weighted by Gasteiger charge is -2.16. The fraction of sp³-hybridized carbons (Fsp3) is 0.154. The Morgan fingerprint density at radius 3 is 2.33 bits per heavy atom. The summed E-state index contributed by atoms with van der Waals surface area (Å²) in [4.78, 5) is 11.7. The van der Waals surface area contributed by atoms with Crippen molar-refractivity contribution in [1.29, 1.82) is 0 Å². The minimum atomic E-state index is -4.67. The first-order valence-corrected chi connectivity index (χ1v) is 6.01. The highest BCUT2D eigenvalue weighted by atomic mass is 19.4. The number of hydrogen-bond acceptors (Lipinski definition) is 3. The molecule has 2 aromatic rings. The molecule has 1 aromatic carbocycles. The van der Waals surface area contributed by atoms with Crippen molar-refractivity contribution in [2.45, 2.75) is 12.7 Å². The van der Waals surface area contributed by atoms with Gasteiger partial charge in [0, 0.05) is 6.07 Å². The molecule has 0 spiro atoms. The van der Waals surface area contributed by atoms with Crippen molar-refractivity contribution in [3.05, 3.63) is 64.1 Å². The fourth-order valence-corrected chi connectivity index (χ4v) is 2.03. The molecule has 0 radical (unpaired) electrons. The number of pyridine rings is 1. The van der Waals surface area contributed by atoms with E-state index in [2.05, 4.69) is 0 Å². The van der Waals surface area contributed by atoms with Gasteiger partial charge >= 0.3 is 13.3 Å². The van der Waals surface area contributed by atoms with E-state index in [1.54, 1.807) is 6.07 Å². The number of nitrogens with zero attached hydrogens (tertiary/aromatic N) is 1. The Balaban J connectivity index is 2.53. The summed E-state index contributed by atoms with van der Waals surface area (Å²) in [7, 11) is -1.82. The van der Waals surface area contributed by atoms with Crippen LogP contribution in [-0.2, 0) is 12.7 Å². The number of halogens is 3. The minimum absolute atomic E-state index is 0.0568. The molecule has 0 bridgehead atoms. The maximum atomic E-state index is 12.9. The molecule has 1 aromatic heterocycles. The molecule has 1 heterocycles. The Labute approximate surface area is 118 Å². The van der Waals surface area contributed by atoms with Gasteiger partial charge in [-0.15, -0.1) is 0 Å². The highest BCUT2D eigenvalue weighted by Gasteiger charge is 2.34. The first kappa shape index (κ1) is 15.3. The SMILES string of the molecule is O=c1cccc(C(F)(F)F)n1Cc1ccccc1B(O)O. The van der Waals surface area contributed by atoms with E-state index < -0.39 is 31.1 Å². The van der Waals surface area contributed by atoms with E-state index in [1.807, 2.05) is 0 Å². The van der Waals surface area contributed by atoms with Gasteiger partial charge < -0.3 is 10.0 Å². The molecule has 0 saturated carbocycles. The van der Waals surface area contributed by atoms with Crippen LogP contribution in [-0.4, -0.2) is 21.7 Å². The lowest BCUT2D eigenvalue weighted by molar-refractivity contribution is -0.144. The summed E-state index contributed by atoms with van der Waals surface area (Å²) < 4.78 is 39.4. The van der Waals surface area contributed by atoms with Gasteiger partial charge in [-0.3, -0.25) is 9.36 Å². The van der Waals surface area contributed by atoms with E-state index in [0.717, 1.165) is 18.2 Å². The zero-order valence-electron chi connectivity index (χ0n) is 10.7. The van der Waals surface area contributed by atoms with E-state index in [-0.39, 0.29) is 11.0 Å². The van der Waals surface area contributed by atoms with E-state index in [1.165, 1.54) is 18.2 Å². The molecule has 0 amide bonds. The minimum Gasteiger partial charge on any atom is -0.423 e. The van der Waals surface area contributed by atoms with Gasteiger partial charge in [0.1, 0.15) is 5.69 Å². The second-order valence-corrected chi connectivity index (χ2v) is 4.41. The van der Waals surface area contributed by atoms with E-state index >= 15 is 0 Å². The van der Waals surface area contributed by atoms with Crippen molar-refractivity contribution in [3.8, 4) is 0 Å². The van der Waals surface area contributed by atoms with Crippen molar-refractivity contribution in [2.75, 3.05) is 0 Å². The smallest absolute Gasteiger partial charge is 0.423 e. The van der Waals surface area contributed by atoms with Gasteiger partial charge in [-0.1, -0.05) is 30.3 Å². The maximum absolute atomic E-state index is 12.9. The van der Waals surface area contributed by atoms with Crippen LogP contribution in [0.5, 0.6) is 0 Å². The first-order valence-electron chi connectivity index (χ1n) is 6.01. The van der Waals surface area contributed by atoms with Crippen LogP contribution in [0.4, 0.5) is 13.2 Å². The van der Waals surface area contributed by atoms with Gasteiger partial charge in [0.2, 0.25) is 0 Å². The summed E-state index contributed by atoms with van der Waals surface area (Å²) in [6.45, 7) is -0.400. The summed E-state index contributed by atoms with van der Waals surface area (Å²) >= 11 is 0. The monoisotopic (exact) mass is 297 g/mol. The summed E-state index contributed by atoms with van der Waals surface area (Å²) in [6.07, 6.45) is -4.67. The van der Waals surface area contributed by atoms with Gasteiger partial charge in [-0.25, -0.2) is 0 Å². The molecule has 21 heavy (non-hydrogen) atoms. The standard InChI is InChI=1S/C13H11BF3NO3/c15-13(16,17)11-6-3-7-12(19)18(11)8-9-4-1-2-5-10(9)14(20)21/h1-7,20-21H,8H2. The van der Waals surface area contributed by atoms with Gasteiger partial charge in [0.25, 0.3) is 5.56 Å². The number of aromatic nitrogens is 1. The molecule has 8 heteroatoms. The van der Waals surface area contributed by atoms with Gasteiger partial charge in [0.05, 0.1) is 6.54 Å². The summed E-state index contributed by atoms with van der Waals surface area (Å²) in [6, 6.07) is 8.75. The fourth-order valence-electron chi connectivity index (χ4n) is 2.03. The van der Waals surface area contributed by atoms with Crippen molar-refractivity contribution >= 4 is 12.6 Å². The third-order valence-corrected chi connectivity index (χ3v) is 3.00. The van der Waals surface area contributed by atoms with Crippen LogP contribution in [0.1, 0.15) is 11.3 Å². The molecule has 2 rings (SSSR count). The zero-order chi connectivity index (χ0) is 15.6. The number of hydrogen-bond donors (Lipinski definition) is 2. The molecule has 4 nitrogen and oxygen atoms in total. The van der Waals surface area contributed by atoms with Crippen LogP contribution < -0.4 is 11.0 Å². The molecule has 0 saturated heterocycles.